The average Bonchev–Trinajstić information content (AvgIpc) is 2.39. The Morgan fingerprint density at radius 2 is 1.72 bits per heavy atom. The standard InChI is InChI=1S/C16H13FO/c1-12-4-2-3-5-14(12)10-15(11-18)13-6-8-16(17)9-7-13/h2-11H,1H3/b15-10+. The molecule has 0 fully saturated rings. The number of allylic oxidation sites excluding steroid dienone is 1. The number of halogens is 1. The first-order chi connectivity index (χ1) is 8.70. The van der Waals surface area contributed by atoms with Crippen LogP contribution >= 0.6 is 0 Å². The van der Waals surface area contributed by atoms with Gasteiger partial charge in [0.25, 0.3) is 0 Å². The fraction of sp³-hybridized carbons (Fsp3) is 0.0625. The molecule has 2 rings (SSSR count). The number of benzene rings is 2. The molecule has 18 heavy (non-hydrogen) atoms. The van der Waals surface area contributed by atoms with E-state index < -0.39 is 0 Å². The molecule has 0 bridgehead atoms. The van der Waals surface area contributed by atoms with Crippen LogP contribution in [0.4, 0.5) is 4.39 Å². The van der Waals surface area contributed by atoms with Gasteiger partial charge in [0, 0.05) is 5.57 Å². The summed E-state index contributed by atoms with van der Waals surface area (Å²) in [4.78, 5) is 11.1. The third kappa shape index (κ3) is 2.72. The number of carbonyl (C=O) groups excluding carboxylic acids is 1. The summed E-state index contributed by atoms with van der Waals surface area (Å²) in [7, 11) is 0. The predicted octanol–water partition coefficient (Wildman–Crippen LogP) is 3.87. The van der Waals surface area contributed by atoms with Crippen LogP contribution in [0, 0.1) is 12.7 Å². The third-order valence-electron chi connectivity index (χ3n) is 2.80. The second-order valence-corrected chi connectivity index (χ2v) is 4.08. The lowest BCUT2D eigenvalue weighted by molar-refractivity contribution is -0.103. The molecule has 0 heterocycles. The van der Waals surface area contributed by atoms with Crippen molar-refractivity contribution in [1.29, 1.82) is 0 Å². The smallest absolute Gasteiger partial charge is 0.150 e. The van der Waals surface area contributed by atoms with Crippen molar-refractivity contribution in [2.24, 2.45) is 0 Å². The van der Waals surface area contributed by atoms with E-state index in [0.29, 0.717) is 5.57 Å². The minimum Gasteiger partial charge on any atom is -0.298 e. The normalized spacial score (nSPS) is 11.3. The molecular formula is C16H13FO. The molecule has 0 aromatic heterocycles. The molecule has 0 aliphatic rings. The maximum absolute atomic E-state index is 12.8. The van der Waals surface area contributed by atoms with Crippen LogP contribution < -0.4 is 0 Å². The van der Waals surface area contributed by atoms with Gasteiger partial charge in [0.05, 0.1) is 0 Å². The Morgan fingerprint density at radius 3 is 2.33 bits per heavy atom. The second kappa shape index (κ2) is 5.41. The Morgan fingerprint density at radius 1 is 1.06 bits per heavy atom. The summed E-state index contributed by atoms with van der Waals surface area (Å²) in [5.41, 5.74) is 3.35. The number of rotatable bonds is 3. The lowest BCUT2D eigenvalue weighted by Crippen LogP contribution is -1.88. The van der Waals surface area contributed by atoms with Gasteiger partial charge in [-0.1, -0.05) is 36.4 Å². The topological polar surface area (TPSA) is 17.1 Å². The predicted molar refractivity (Wildman–Crippen MR) is 71.5 cm³/mol. The van der Waals surface area contributed by atoms with Crippen molar-refractivity contribution in [3.05, 3.63) is 71.0 Å². The van der Waals surface area contributed by atoms with Gasteiger partial charge in [-0.3, -0.25) is 4.79 Å². The van der Waals surface area contributed by atoms with Crippen LogP contribution in [0.3, 0.4) is 0 Å². The van der Waals surface area contributed by atoms with Crippen LogP contribution in [0.5, 0.6) is 0 Å². The number of carbonyl (C=O) groups is 1. The van der Waals surface area contributed by atoms with Crippen LogP contribution in [0.1, 0.15) is 16.7 Å². The minimum atomic E-state index is -0.306. The van der Waals surface area contributed by atoms with E-state index in [1.165, 1.54) is 12.1 Å². The fourth-order valence-corrected chi connectivity index (χ4v) is 1.74. The van der Waals surface area contributed by atoms with Crippen molar-refractivity contribution >= 4 is 17.9 Å². The van der Waals surface area contributed by atoms with E-state index in [2.05, 4.69) is 0 Å². The van der Waals surface area contributed by atoms with Crippen molar-refractivity contribution in [2.75, 3.05) is 0 Å². The third-order valence-corrected chi connectivity index (χ3v) is 2.80. The lowest BCUT2D eigenvalue weighted by atomic mass is 10.0. The van der Waals surface area contributed by atoms with Crippen LogP contribution in [-0.2, 0) is 4.79 Å². The van der Waals surface area contributed by atoms with Crippen LogP contribution in [0.2, 0.25) is 0 Å². The van der Waals surface area contributed by atoms with Gasteiger partial charge in [-0.05, 0) is 41.8 Å². The highest BCUT2D eigenvalue weighted by atomic mass is 19.1. The summed E-state index contributed by atoms with van der Waals surface area (Å²) in [5.74, 6) is -0.306. The zero-order chi connectivity index (χ0) is 13.0. The van der Waals surface area contributed by atoms with Crippen LogP contribution in [0.25, 0.3) is 11.6 Å². The van der Waals surface area contributed by atoms with Crippen LogP contribution in [-0.4, -0.2) is 6.29 Å². The molecule has 0 atom stereocenters. The minimum absolute atomic E-state index is 0.306. The van der Waals surface area contributed by atoms with E-state index in [1.807, 2.05) is 37.3 Å². The quantitative estimate of drug-likeness (QED) is 0.452. The van der Waals surface area contributed by atoms with E-state index in [9.17, 15) is 9.18 Å². The highest BCUT2D eigenvalue weighted by Crippen LogP contribution is 2.18. The SMILES string of the molecule is Cc1ccccc1/C=C(\C=O)c1ccc(F)cc1. The molecule has 0 saturated heterocycles. The molecule has 0 spiro atoms. The van der Waals surface area contributed by atoms with Gasteiger partial charge in [-0.25, -0.2) is 4.39 Å². The molecule has 0 N–H and O–H groups in total. The fourth-order valence-electron chi connectivity index (χ4n) is 1.74. The first kappa shape index (κ1) is 12.2. The van der Waals surface area contributed by atoms with E-state index in [4.69, 9.17) is 0 Å². The summed E-state index contributed by atoms with van der Waals surface area (Å²) >= 11 is 0. The molecule has 0 amide bonds. The molecule has 90 valence electrons. The summed E-state index contributed by atoms with van der Waals surface area (Å²) < 4.78 is 12.8. The van der Waals surface area contributed by atoms with Gasteiger partial charge in [0.1, 0.15) is 5.82 Å². The van der Waals surface area contributed by atoms with Crippen molar-refractivity contribution in [1.82, 2.24) is 0 Å². The molecule has 2 aromatic carbocycles. The lowest BCUT2D eigenvalue weighted by Gasteiger charge is -2.03. The maximum atomic E-state index is 12.8. The highest BCUT2D eigenvalue weighted by molar-refractivity contribution is 6.13. The summed E-state index contributed by atoms with van der Waals surface area (Å²) in [6.07, 6.45) is 2.61. The van der Waals surface area contributed by atoms with E-state index in [-0.39, 0.29) is 5.82 Å². The van der Waals surface area contributed by atoms with E-state index in [0.717, 1.165) is 23.0 Å². The van der Waals surface area contributed by atoms with Crippen LogP contribution in [0.15, 0.2) is 48.5 Å². The monoisotopic (exact) mass is 240 g/mol. The first-order valence-electron chi connectivity index (χ1n) is 5.69. The van der Waals surface area contributed by atoms with Gasteiger partial charge in [0.15, 0.2) is 6.29 Å². The first-order valence-corrected chi connectivity index (χ1v) is 5.69. The van der Waals surface area contributed by atoms with Crippen molar-refractivity contribution < 1.29 is 9.18 Å². The van der Waals surface area contributed by atoms with Crippen molar-refractivity contribution in [2.45, 2.75) is 6.92 Å². The summed E-state index contributed by atoms with van der Waals surface area (Å²) in [5, 5.41) is 0. The Bertz CT molecular complexity index is 582. The molecular weight excluding hydrogens is 227 g/mol. The number of aryl methyl sites for hydroxylation is 1. The largest absolute Gasteiger partial charge is 0.298 e. The maximum Gasteiger partial charge on any atom is 0.150 e. The summed E-state index contributed by atoms with van der Waals surface area (Å²) in [6.45, 7) is 1.99. The molecule has 0 aliphatic heterocycles. The van der Waals surface area contributed by atoms with Crippen molar-refractivity contribution in [3.63, 3.8) is 0 Å². The zero-order valence-electron chi connectivity index (χ0n) is 10.1. The molecule has 0 unspecified atom stereocenters. The molecule has 0 aliphatic carbocycles. The highest BCUT2D eigenvalue weighted by Gasteiger charge is 2.02. The Kier molecular flexibility index (Phi) is 3.68. The van der Waals surface area contributed by atoms with E-state index >= 15 is 0 Å². The molecule has 0 radical (unpaired) electrons. The Hall–Kier alpha value is -2.22. The average molecular weight is 240 g/mol. The van der Waals surface area contributed by atoms with Crippen molar-refractivity contribution in [3.8, 4) is 0 Å². The molecule has 1 nitrogen and oxygen atoms in total. The van der Waals surface area contributed by atoms with Gasteiger partial charge >= 0.3 is 0 Å². The van der Waals surface area contributed by atoms with Gasteiger partial charge in [-0.2, -0.15) is 0 Å². The zero-order valence-corrected chi connectivity index (χ0v) is 10.1. The Balaban J connectivity index is 2.43. The second-order valence-electron chi connectivity index (χ2n) is 4.08. The van der Waals surface area contributed by atoms with Gasteiger partial charge < -0.3 is 0 Å². The number of aldehydes is 1. The summed E-state index contributed by atoms with van der Waals surface area (Å²) in [6, 6.07) is 13.7. The number of hydrogen-bond acceptors (Lipinski definition) is 1. The van der Waals surface area contributed by atoms with E-state index in [1.54, 1.807) is 12.1 Å². The molecule has 2 aromatic rings. The van der Waals surface area contributed by atoms with Gasteiger partial charge in [0.2, 0.25) is 0 Å². The van der Waals surface area contributed by atoms with Gasteiger partial charge in [-0.15, -0.1) is 0 Å². The number of hydrogen-bond donors (Lipinski definition) is 0. The molecule has 2 heteroatoms. The Labute approximate surface area is 106 Å². The molecule has 0 saturated carbocycles.